The van der Waals surface area contributed by atoms with E-state index in [9.17, 15) is 4.79 Å². The second-order valence-corrected chi connectivity index (χ2v) is 7.55. The van der Waals surface area contributed by atoms with E-state index in [0.717, 1.165) is 23.9 Å². The van der Waals surface area contributed by atoms with E-state index in [4.69, 9.17) is 0 Å². The van der Waals surface area contributed by atoms with Crippen LogP contribution in [0.3, 0.4) is 0 Å². The molecule has 1 aliphatic carbocycles. The van der Waals surface area contributed by atoms with E-state index in [2.05, 4.69) is 33.6 Å². The van der Waals surface area contributed by atoms with Crippen molar-refractivity contribution in [1.29, 1.82) is 0 Å². The molecule has 0 unspecified atom stereocenters. The summed E-state index contributed by atoms with van der Waals surface area (Å²) < 4.78 is 1.73. The van der Waals surface area contributed by atoms with Crippen LogP contribution in [0.1, 0.15) is 47.7 Å². The van der Waals surface area contributed by atoms with Gasteiger partial charge in [0.25, 0.3) is 0 Å². The van der Waals surface area contributed by atoms with Crippen LogP contribution in [-0.2, 0) is 19.4 Å². The lowest BCUT2D eigenvalue weighted by atomic mass is 10.0. The average molecular weight is 372 g/mol. The number of rotatable bonds is 5. The lowest BCUT2D eigenvalue weighted by molar-refractivity contribution is 0.0909. The van der Waals surface area contributed by atoms with Crippen molar-refractivity contribution in [3.8, 4) is 0 Å². The molecule has 5 nitrogen and oxygen atoms in total. The average Bonchev–Trinajstić information content (AvgIpc) is 3.41. The number of aromatic amines is 1. The number of nitrogens with one attached hydrogen (secondary N) is 2. The maximum absolute atomic E-state index is 12.7. The molecule has 2 heterocycles. The summed E-state index contributed by atoms with van der Waals surface area (Å²) in [5.74, 6) is 0.700. The molecular formula is C23H24N4O. The number of benzene rings is 2. The molecule has 0 saturated carbocycles. The van der Waals surface area contributed by atoms with Crippen molar-refractivity contribution in [2.45, 2.75) is 45.6 Å². The van der Waals surface area contributed by atoms with Gasteiger partial charge in [-0.3, -0.25) is 4.79 Å². The topological polar surface area (TPSA) is 62.7 Å². The summed E-state index contributed by atoms with van der Waals surface area (Å²) in [6.07, 6.45) is 6.98. The molecule has 4 aromatic rings. The molecule has 0 saturated heterocycles. The van der Waals surface area contributed by atoms with Crippen LogP contribution in [0.2, 0.25) is 0 Å². The number of fused-ring (bicyclic) bond motifs is 4. The summed E-state index contributed by atoms with van der Waals surface area (Å²) in [7, 11) is 0. The fourth-order valence-corrected chi connectivity index (χ4v) is 4.38. The smallest absolute Gasteiger partial charge is 0.233 e. The van der Waals surface area contributed by atoms with E-state index < -0.39 is 0 Å². The molecule has 2 aromatic carbocycles. The van der Waals surface area contributed by atoms with E-state index in [1.165, 1.54) is 40.4 Å². The summed E-state index contributed by atoms with van der Waals surface area (Å²) in [5, 5.41) is 4.68. The Bertz CT molecular complexity index is 1180. The lowest BCUT2D eigenvalue weighted by Crippen LogP contribution is -2.14. The first-order valence-electron chi connectivity index (χ1n) is 10.1. The first kappa shape index (κ1) is 17.0. The minimum absolute atomic E-state index is 0.0791. The van der Waals surface area contributed by atoms with E-state index in [1.807, 2.05) is 31.2 Å². The SMILES string of the molecule is CCCC(=O)n1c(NCc2c[nH]c3c4c(ccc23)CCC4)nc2ccccc21. The molecule has 0 spiro atoms. The summed E-state index contributed by atoms with van der Waals surface area (Å²) in [6, 6.07) is 12.3. The van der Waals surface area contributed by atoms with Gasteiger partial charge in [0.05, 0.1) is 11.0 Å². The number of aromatic nitrogens is 3. The second kappa shape index (κ2) is 6.82. The van der Waals surface area contributed by atoms with Crippen molar-refractivity contribution in [1.82, 2.24) is 14.5 Å². The number of carbonyl (C=O) groups excluding carboxylic acids is 1. The highest BCUT2D eigenvalue weighted by molar-refractivity contribution is 5.94. The molecular weight excluding hydrogens is 348 g/mol. The predicted molar refractivity (Wildman–Crippen MR) is 113 cm³/mol. The molecule has 28 heavy (non-hydrogen) atoms. The zero-order valence-corrected chi connectivity index (χ0v) is 16.1. The molecule has 0 amide bonds. The Labute approximate surface area is 163 Å². The van der Waals surface area contributed by atoms with Gasteiger partial charge in [-0.2, -0.15) is 0 Å². The van der Waals surface area contributed by atoms with Crippen LogP contribution in [0.25, 0.3) is 21.9 Å². The first-order chi connectivity index (χ1) is 13.8. The van der Waals surface area contributed by atoms with Gasteiger partial charge in [-0.15, -0.1) is 0 Å². The summed E-state index contributed by atoms with van der Waals surface area (Å²) in [6.45, 7) is 2.65. The van der Waals surface area contributed by atoms with Crippen LogP contribution in [0.4, 0.5) is 5.95 Å². The van der Waals surface area contributed by atoms with Crippen LogP contribution < -0.4 is 5.32 Å². The highest BCUT2D eigenvalue weighted by Gasteiger charge is 2.18. The molecule has 0 fully saturated rings. The van der Waals surface area contributed by atoms with Gasteiger partial charge in [0.1, 0.15) is 0 Å². The van der Waals surface area contributed by atoms with Gasteiger partial charge >= 0.3 is 0 Å². The molecule has 0 radical (unpaired) electrons. The van der Waals surface area contributed by atoms with Crippen molar-refractivity contribution in [2.24, 2.45) is 0 Å². The highest BCUT2D eigenvalue weighted by Crippen LogP contribution is 2.31. The van der Waals surface area contributed by atoms with Gasteiger partial charge < -0.3 is 10.3 Å². The maximum atomic E-state index is 12.7. The van der Waals surface area contributed by atoms with E-state index >= 15 is 0 Å². The summed E-state index contributed by atoms with van der Waals surface area (Å²) in [5.41, 5.74) is 7.11. The zero-order chi connectivity index (χ0) is 19.1. The number of imidazole rings is 1. The molecule has 0 aliphatic heterocycles. The van der Waals surface area contributed by atoms with Crippen LogP contribution in [0.5, 0.6) is 0 Å². The molecule has 2 N–H and O–H groups in total. The zero-order valence-electron chi connectivity index (χ0n) is 16.1. The number of para-hydroxylation sites is 2. The first-order valence-corrected chi connectivity index (χ1v) is 10.1. The summed E-state index contributed by atoms with van der Waals surface area (Å²) in [4.78, 5) is 20.9. The lowest BCUT2D eigenvalue weighted by Gasteiger charge is -2.09. The Morgan fingerprint density at radius 3 is 3.00 bits per heavy atom. The molecule has 0 bridgehead atoms. The number of anilines is 1. The van der Waals surface area contributed by atoms with Crippen LogP contribution in [0.15, 0.2) is 42.6 Å². The van der Waals surface area contributed by atoms with Crippen LogP contribution in [0, 0.1) is 0 Å². The van der Waals surface area contributed by atoms with Crippen molar-refractivity contribution >= 4 is 33.8 Å². The Hall–Kier alpha value is -3.08. The van der Waals surface area contributed by atoms with Crippen molar-refractivity contribution in [3.63, 3.8) is 0 Å². The summed E-state index contributed by atoms with van der Waals surface area (Å²) >= 11 is 0. The fraction of sp³-hybridized carbons (Fsp3) is 0.304. The standard InChI is InChI=1S/C23H24N4O/c1-2-6-21(28)27-20-10-4-3-9-19(20)26-23(27)25-14-16-13-24-22-17-8-5-7-15(17)11-12-18(16)22/h3-4,9-13,24H,2,5-8,14H2,1H3,(H,25,26). The van der Waals surface area contributed by atoms with E-state index in [0.29, 0.717) is 18.9 Å². The Balaban J connectivity index is 1.49. The molecule has 1 aliphatic rings. The van der Waals surface area contributed by atoms with Gasteiger partial charge in [0.15, 0.2) is 0 Å². The predicted octanol–water partition coefficient (Wildman–Crippen LogP) is 5.06. The molecule has 5 heteroatoms. The van der Waals surface area contributed by atoms with Crippen molar-refractivity contribution < 1.29 is 4.79 Å². The Morgan fingerprint density at radius 1 is 1.21 bits per heavy atom. The molecule has 5 rings (SSSR count). The Kier molecular flexibility index (Phi) is 4.15. The molecule has 142 valence electrons. The van der Waals surface area contributed by atoms with Crippen LogP contribution in [-0.4, -0.2) is 20.4 Å². The third-order valence-corrected chi connectivity index (χ3v) is 5.73. The normalized spacial score (nSPS) is 13.3. The molecule has 0 atom stereocenters. The quantitative estimate of drug-likeness (QED) is 0.515. The van der Waals surface area contributed by atoms with Gasteiger partial charge in [-0.1, -0.05) is 31.2 Å². The Morgan fingerprint density at radius 2 is 2.11 bits per heavy atom. The van der Waals surface area contributed by atoms with E-state index in [1.54, 1.807) is 4.57 Å². The van der Waals surface area contributed by atoms with Gasteiger partial charge in [0, 0.05) is 30.1 Å². The monoisotopic (exact) mass is 372 g/mol. The number of hydrogen-bond acceptors (Lipinski definition) is 3. The number of hydrogen-bond donors (Lipinski definition) is 2. The minimum Gasteiger partial charge on any atom is -0.361 e. The van der Waals surface area contributed by atoms with Gasteiger partial charge in [-0.05, 0) is 54.5 Å². The highest BCUT2D eigenvalue weighted by atomic mass is 16.2. The number of H-pyrrole nitrogens is 1. The number of carbonyl (C=O) groups is 1. The van der Waals surface area contributed by atoms with Crippen molar-refractivity contribution in [2.75, 3.05) is 5.32 Å². The number of aryl methyl sites for hydroxylation is 2. The van der Waals surface area contributed by atoms with Gasteiger partial charge in [0.2, 0.25) is 11.9 Å². The second-order valence-electron chi connectivity index (χ2n) is 7.55. The van der Waals surface area contributed by atoms with Gasteiger partial charge in [-0.25, -0.2) is 9.55 Å². The molecule has 2 aromatic heterocycles. The number of nitrogens with zero attached hydrogens (tertiary/aromatic N) is 2. The fourth-order valence-electron chi connectivity index (χ4n) is 4.38. The van der Waals surface area contributed by atoms with Crippen molar-refractivity contribution in [3.05, 3.63) is 59.3 Å². The minimum atomic E-state index is 0.0791. The third kappa shape index (κ3) is 2.70. The van der Waals surface area contributed by atoms with E-state index in [-0.39, 0.29) is 5.91 Å². The third-order valence-electron chi connectivity index (χ3n) is 5.73. The maximum Gasteiger partial charge on any atom is 0.233 e. The largest absolute Gasteiger partial charge is 0.361 e. The van der Waals surface area contributed by atoms with Crippen LogP contribution >= 0.6 is 0 Å².